The minimum absolute atomic E-state index is 0.0726. The maximum atomic E-state index is 6.27. The highest BCUT2D eigenvalue weighted by Crippen LogP contribution is 2.26. The van der Waals surface area contributed by atoms with Crippen molar-refractivity contribution in [3.8, 4) is 0 Å². The largest absolute Gasteiger partial charge is 0.323 e. The van der Waals surface area contributed by atoms with Gasteiger partial charge in [-0.2, -0.15) is 0 Å². The molecule has 0 radical (unpaired) electrons. The fourth-order valence-electron chi connectivity index (χ4n) is 1.98. The maximum absolute atomic E-state index is 6.27. The van der Waals surface area contributed by atoms with Gasteiger partial charge in [0.2, 0.25) is 0 Å². The lowest BCUT2D eigenvalue weighted by Crippen LogP contribution is -2.13. The van der Waals surface area contributed by atoms with E-state index >= 15 is 0 Å². The first-order chi connectivity index (χ1) is 8.20. The number of hydrogen-bond donors (Lipinski definition) is 1. The Bertz CT molecular complexity index is 492. The van der Waals surface area contributed by atoms with Gasteiger partial charge >= 0.3 is 0 Å². The number of thiophene rings is 1. The maximum Gasteiger partial charge on any atom is 0.0433 e. The molecule has 0 aliphatic carbocycles. The van der Waals surface area contributed by atoms with Crippen LogP contribution in [0.15, 0.2) is 35.7 Å². The van der Waals surface area contributed by atoms with Gasteiger partial charge in [0, 0.05) is 15.9 Å². The Hall–Kier alpha value is -0.830. The Labute approximate surface area is 111 Å². The van der Waals surface area contributed by atoms with Crippen molar-refractivity contribution in [3.63, 3.8) is 0 Å². The number of rotatable bonds is 4. The van der Waals surface area contributed by atoms with E-state index in [9.17, 15) is 0 Å². The molecule has 2 rings (SSSR count). The van der Waals surface area contributed by atoms with Crippen molar-refractivity contribution in [1.29, 1.82) is 0 Å². The molecule has 17 heavy (non-hydrogen) atoms. The standard InChI is InChI=1S/C14H16ClNS/c1-2-11-6-7-17-14(11)13(16)9-10-4-3-5-12(15)8-10/h3-8,13H,2,9,16H2,1H3. The molecule has 0 spiro atoms. The van der Waals surface area contributed by atoms with Crippen molar-refractivity contribution < 1.29 is 0 Å². The molecule has 1 heterocycles. The number of hydrogen-bond acceptors (Lipinski definition) is 2. The average molecular weight is 266 g/mol. The van der Waals surface area contributed by atoms with E-state index in [-0.39, 0.29) is 6.04 Å². The molecular formula is C14H16ClNS. The Kier molecular flexibility index (Phi) is 4.21. The number of halogens is 1. The summed E-state index contributed by atoms with van der Waals surface area (Å²) in [6.45, 7) is 2.16. The van der Waals surface area contributed by atoms with E-state index < -0.39 is 0 Å². The van der Waals surface area contributed by atoms with Crippen LogP contribution >= 0.6 is 22.9 Å². The van der Waals surface area contributed by atoms with Crippen molar-refractivity contribution in [2.45, 2.75) is 25.8 Å². The van der Waals surface area contributed by atoms with Crippen LogP contribution in [-0.2, 0) is 12.8 Å². The summed E-state index contributed by atoms with van der Waals surface area (Å²) in [5.74, 6) is 0. The molecule has 0 bridgehead atoms. The number of benzene rings is 1. The third-order valence-corrected chi connectivity index (χ3v) is 4.17. The van der Waals surface area contributed by atoms with Crippen LogP contribution in [0.1, 0.15) is 29.0 Å². The molecule has 1 aromatic heterocycles. The molecule has 1 atom stereocenters. The zero-order valence-corrected chi connectivity index (χ0v) is 11.4. The van der Waals surface area contributed by atoms with Crippen LogP contribution in [-0.4, -0.2) is 0 Å². The van der Waals surface area contributed by atoms with E-state index in [1.807, 2.05) is 18.2 Å². The fourth-order valence-corrected chi connectivity index (χ4v) is 3.19. The first-order valence-corrected chi connectivity index (χ1v) is 7.02. The first-order valence-electron chi connectivity index (χ1n) is 5.77. The van der Waals surface area contributed by atoms with Gasteiger partial charge in [-0.1, -0.05) is 30.7 Å². The molecular weight excluding hydrogens is 250 g/mol. The summed E-state index contributed by atoms with van der Waals surface area (Å²) in [5, 5.41) is 2.89. The van der Waals surface area contributed by atoms with E-state index in [2.05, 4.69) is 24.4 Å². The molecule has 2 aromatic rings. The summed E-state index contributed by atoms with van der Waals surface area (Å²) in [4.78, 5) is 1.30. The van der Waals surface area contributed by atoms with Crippen LogP contribution in [0.3, 0.4) is 0 Å². The van der Waals surface area contributed by atoms with Gasteiger partial charge in [0.25, 0.3) is 0 Å². The molecule has 2 N–H and O–H groups in total. The summed E-state index contributed by atoms with van der Waals surface area (Å²) >= 11 is 7.72. The van der Waals surface area contributed by atoms with Crippen molar-refractivity contribution >= 4 is 22.9 Å². The predicted octanol–water partition coefficient (Wildman–Crippen LogP) is 4.21. The second-order valence-corrected chi connectivity index (χ2v) is 5.49. The van der Waals surface area contributed by atoms with Gasteiger partial charge in [-0.3, -0.25) is 0 Å². The van der Waals surface area contributed by atoms with Crippen LogP contribution in [0.2, 0.25) is 5.02 Å². The third-order valence-electron chi connectivity index (χ3n) is 2.84. The van der Waals surface area contributed by atoms with Crippen molar-refractivity contribution in [3.05, 3.63) is 56.7 Å². The Balaban J connectivity index is 2.14. The van der Waals surface area contributed by atoms with Gasteiger partial charge in [-0.15, -0.1) is 11.3 Å². The molecule has 0 amide bonds. The third kappa shape index (κ3) is 3.09. The average Bonchev–Trinajstić information content (AvgIpc) is 2.77. The summed E-state index contributed by atoms with van der Waals surface area (Å²) in [6.07, 6.45) is 1.89. The van der Waals surface area contributed by atoms with E-state index in [1.165, 1.54) is 16.0 Å². The fraction of sp³-hybridized carbons (Fsp3) is 0.286. The molecule has 1 unspecified atom stereocenters. The lowest BCUT2D eigenvalue weighted by molar-refractivity contribution is 0.728. The van der Waals surface area contributed by atoms with Crippen LogP contribution < -0.4 is 5.73 Å². The lowest BCUT2D eigenvalue weighted by Gasteiger charge is -2.12. The normalized spacial score (nSPS) is 12.6. The topological polar surface area (TPSA) is 26.0 Å². The minimum Gasteiger partial charge on any atom is -0.323 e. The van der Waals surface area contributed by atoms with Crippen LogP contribution in [0.4, 0.5) is 0 Å². The molecule has 0 aliphatic rings. The molecule has 1 aromatic carbocycles. The van der Waals surface area contributed by atoms with Crippen molar-refractivity contribution in [2.24, 2.45) is 5.73 Å². The summed E-state index contributed by atoms with van der Waals surface area (Å²) in [7, 11) is 0. The highest BCUT2D eigenvalue weighted by Gasteiger charge is 2.12. The summed E-state index contributed by atoms with van der Waals surface area (Å²) in [5.41, 5.74) is 8.83. The van der Waals surface area contributed by atoms with Crippen LogP contribution in [0, 0.1) is 0 Å². The quantitative estimate of drug-likeness (QED) is 0.881. The van der Waals surface area contributed by atoms with Gasteiger partial charge in [0.1, 0.15) is 0 Å². The zero-order chi connectivity index (χ0) is 12.3. The Morgan fingerprint density at radius 2 is 2.18 bits per heavy atom. The minimum atomic E-state index is 0.0726. The number of nitrogens with two attached hydrogens (primary N) is 1. The molecule has 0 saturated carbocycles. The molecule has 0 aliphatic heterocycles. The Morgan fingerprint density at radius 1 is 1.35 bits per heavy atom. The van der Waals surface area contributed by atoms with Crippen LogP contribution in [0.25, 0.3) is 0 Å². The molecule has 0 saturated heterocycles. The van der Waals surface area contributed by atoms with Gasteiger partial charge in [0.15, 0.2) is 0 Å². The lowest BCUT2D eigenvalue weighted by atomic mass is 10.0. The van der Waals surface area contributed by atoms with Gasteiger partial charge < -0.3 is 5.73 Å². The highest BCUT2D eigenvalue weighted by molar-refractivity contribution is 7.10. The van der Waals surface area contributed by atoms with Crippen LogP contribution in [0.5, 0.6) is 0 Å². The first kappa shape index (κ1) is 12.6. The molecule has 3 heteroatoms. The monoisotopic (exact) mass is 265 g/mol. The second-order valence-electron chi connectivity index (χ2n) is 4.10. The zero-order valence-electron chi connectivity index (χ0n) is 9.82. The SMILES string of the molecule is CCc1ccsc1C(N)Cc1cccc(Cl)c1. The molecule has 90 valence electrons. The predicted molar refractivity (Wildman–Crippen MR) is 75.8 cm³/mol. The summed E-state index contributed by atoms with van der Waals surface area (Å²) < 4.78 is 0. The Morgan fingerprint density at radius 3 is 2.88 bits per heavy atom. The van der Waals surface area contributed by atoms with E-state index in [0.29, 0.717) is 0 Å². The van der Waals surface area contributed by atoms with Crippen molar-refractivity contribution in [2.75, 3.05) is 0 Å². The van der Waals surface area contributed by atoms with E-state index in [1.54, 1.807) is 11.3 Å². The summed E-state index contributed by atoms with van der Waals surface area (Å²) in [6, 6.07) is 10.2. The molecule has 1 nitrogen and oxygen atoms in total. The highest BCUT2D eigenvalue weighted by atomic mass is 35.5. The van der Waals surface area contributed by atoms with E-state index in [4.69, 9.17) is 17.3 Å². The van der Waals surface area contributed by atoms with E-state index in [0.717, 1.165) is 17.9 Å². The van der Waals surface area contributed by atoms with Gasteiger partial charge in [0.05, 0.1) is 0 Å². The van der Waals surface area contributed by atoms with Crippen molar-refractivity contribution in [1.82, 2.24) is 0 Å². The smallest absolute Gasteiger partial charge is 0.0433 e. The van der Waals surface area contributed by atoms with Gasteiger partial charge in [-0.25, -0.2) is 0 Å². The number of aryl methyl sites for hydroxylation is 1. The second kappa shape index (κ2) is 5.67. The van der Waals surface area contributed by atoms with Gasteiger partial charge in [-0.05, 0) is 47.5 Å². The molecule has 0 fully saturated rings.